The van der Waals surface area contributed by atoms with E-state index in [9.17, 15) is 13.2 Å². The summed E-state index contributed by atoms with van der Waals surface area (Å²) in [6, 6.07) is 3.36. The summed E-state index contributed by atoms with van der Waals surface area (Å²) in [5.41, 5.74) is -2.63. The average Bonchev–Trinajstić information content (AvgIpc) is 2.95. The highest BCUT2D eigenvalue weighted by Crippen LogP contribution is 2.63. The summed E-state index contributed by atoms with van der Waals surface area (Å²) in [7, 11) is -2.50. The molecular weight excluding hydrogens is 502 g/mol. The fourth-order valence-corrected chi connectivity index (χ4v) is 6.16. The smallest absolute Gasteiger partial charge is 0.389 e. The Labute approximate surface area is 179 Å². The third-order valence-corrected chi connectivity index (χ3v) is 7.89. The summed E-state index contributed by atoms with van der Waals surface area (Å²) < 4.78 is 83.8. The number of aryl methyl sites for hydroxylation is 1. The van der Waals surface area contributed by atoms with E-state index in [1.165, 1.54) is 0 Å². The summed E-state index contributed by atoms with van der Waals surface area (Å²) in [6.45, 7) is 4.98. The first-order valence-corrected chi connectivity index (χ1v) is 11.7. The summed E-state index contributed by atoms with van der Waals surface area (Å²) in [5.74, 6) is 0.284. The molecule has 0 aliphatic heterocycles. The van der Waals surface area contributed by atoms with Gasteiger partial charge in [0.05, 0.1) is 29.4 Å². The number of benzene rings is 1. The fraction of sp³-hybridized carbons (Fsp3) is 0.556. The lowest BCUT2D eigenvalue weighted by Crippen LogP contribution is -2.13. The number of rotatable bonds is 10. The molecule has 0 aliphatic rings. The van der Waals surface area contributed by atoms with E-state index in [-0.39, 0.29) is 41.3 Å². The van der Waals surface area contributed by atoms with Gasteiger partial charge >= 0.3 is 11.8 Å². The number of halogens is 6. The maximum Gasteiger partial charge on any atom is 0.389 e. The zero-order chi connectivity index (χ0) is 21.8. The molecule has 0 saturated heterocycles. The molecule has 0 atom stereocenters. The molecule has 3 nitrogen and oxygen atoms in total. The minimum absolute atomic E-state index is 0.0798. The van der Waals surface area contributed by atoms with Gasteiger partial charge in [0.1, 0.15) is 5.75 Å². The van der Waals surface area contributed by atoms with Gasteiger partial charge < -0.3 is 13.8 Å². The second-order valence-corrected chi connectivity index (χ2v) is 9.49. The van der Waals surface area contributed by atoms with E-state index in [2.05, 4.69) is 15.9 Å². The van der Waals surface area contributed by atoms with Crippen LogP contribution in [0.1, 0.15) is 37.1 Å². The minimum atomic E-state index is -4.26. The molecule has 0 N–H and O–H groups in total. The van der Waals surface area contributed by atoms with Crippen molar-refractivity contribution < 1.29 is 35.7 Å². The number of hydrogen-bond donors (Lipinski definition) is 0. The van der Waals surface area contributed by atoms with Gasteiger partial charge in [-0.05, 0) is 60.8 Å². The fourth-order valence-electron chi connectivity index (χ4n) is 2.55. The van der Waals surface area contributed by atoms with Gasteiger partial charge in [-0.1, -0.05) is 0 Å². The van der Waals surface area contributed by atoms with E-state index < -0.39 is 26.6 Å². The van der Waals surface area contributed by atoms with Crippen molar-refractivity contribution in [2.45, 2.75) is 45.5 Å². The molecule has 2 rings (SSSR count). The zero-order valence-corrected chi connectivity index (χ0v) is 19.3. The minimum Gasteiger partial charge on any atom is -0.492 e. The third kappa shape index (κ3) is 6.23. The Bertz CT molecular complexity index is 822. The van der Waals surface area contributed by atoms with Crippen molar-refractivity contribution in [3.63, 3.8) is 0 Å². The van der Waals surface area contributed by atoms with E-state index in [1.54, 1.807) is 32.9 Å². The molecule has 0 saturated carbocycles. The van der Waals surface area contributed by atoms with Crippen molar-refractivity contribution in [3.8, 4) is 5.75 Å². The van der Waals surface area contributed by atoms with Gasteiger partial charge in [-0.15, -0.1) is 11.3 Å². The van der Waals surface area contributed by atoms with Crippen molar-refractivity contribution in [3.05, 3.63) is 27.0 Å². The molecule has 1 heterocycles. The van der Waals surface area contributed by atoms with Crippen LogP contribution in [0, 0.1) is 6.92 Å². The SMILES string of the molecule is CCOP(OCC)C(F)(F)c1sc2c(OCCCC(F)(F)F)cc(C)cc2c1Br. The van der Waals surface area contributed by atoms with Crippen molar-refractivity contribution in [2.75, 3.05) is 19.8 Å². The third-order valence-electron chi connectivity index (χ3n) is 3.70. The monoisotopic (exact) mass is 522 g/mol. The van der Waals surface area contributed by atoms with Crippen molar-refractivity contribution in [2.24, 2.45) is 0 Å². The van der Waals surface area contributed by atoms with Gasteiger partial charge in [0.15, 0.2) is 0 Å². The van der Waals surface area contributed by atoms with Crippen molar-refractivity contribution in [1.29, 1.82) is 0 Å². The van der Waals surface area contributed by atoms with Gasteiger partial charge in [0.2, 0.25) is 0 Å². The number of fused-ring (bicyclic) bond motifs is 1. The van der Waals surface area contributed by atoms with Crippen LogP contribution in [0.5, 0.6) is 5.75 Å². The summed E-state index contributed by atoms with van der Waals surface area (Å²) in [4.78, 5) is -0.258. The molecule has 0 spiro atoms. The van der Waals surface area contributed by atoms with Crippen LogP contribution in [0.25, 0.3) is 10.1 Å². The maximum atomic E-state index is 15.2. The Morgan fingerprint density at radius 1 is 1.07 bits per heavy atom. The highest BCUT2D eigenvalue weighted by atomic mass is 79.9. The number of alkyl halides is 5. The second-order valence-electron chi connectivity index (χ2n) is 6.09. The van der Waals surface area contributed by atoms with Gasteiger partial charge in [-0.2, -0.15) is 22.0 Å². The lowest BCUT2D eigenvalue weighted by molar-refractivity contribution is -0.136. The molecule has 29 heavy (non-hydrogen) atoms. The molecule has 0 bridgehead atoms. The van der Waals surface area contributed by atoms with E-state index in [0.29, 0.717) is 10.1 Å². The van der Waals surface area contributed by atoms with Crippen LogP contribution in [-0.2, 0) is 14.7 Å². The second kappa shape index (κ2) is 10.2. The number of hydrogen-bond acceptors (Lipinski definition) is 4. The molecule has 1 aromatic heterocycles. The number of ether oxygens (including phenoxy) is 1. The molecule has 0 fully saturated rings. The quantitative estimate of drug-likeness (QED) is 0.179. The van der Waals surface area contributed by atoms with Crippen LogP contribution in [0.15, 0.2) is 16.6 Å². The van der Waals surface area contributed by atoms with Crippen LogP contribution < -0.4 is 4.74 Å². The first-order chi connectivity index (χ1) is 13.5. The number of thiophene rings is 1. The van der Waals surface area contributed by atoms with Gasteiger partial charge in [-0.3, -0.25) is 0 Å². The predicted octanol–water partition coefficient (Wildman–Crippen LogP) is 8.13. The normalized spacial score (nSPS) is 12.9. The van der Waals surface area contributed by atoms with Gasteiger partial charge in [0, 0.05) is 16.3 Å². The van der Waals surface area contributed by atoms with Crippen molar-refractivity contribution >= 4 is 45.7 Å². The molecular formula is C18H21BrF5O3PS. The van der Waals surface area contributed by atoms with Gasteiger partial charge in [0.25, 0.3) is 8.38 Å². The standard InChI is InChI=1S/C18H21BrF5O3PS/c1-4-26-28(27-5-2)18(23,24)16-14(19)12-9-11(3)10-13(15(12)29-16)25-8-6-7-17(20,21)22/h9-10H,4-8H2,1-3H3. The first-order valence-electron chi connectivity index (χ1n) is 8.87. The van der Waals surface area contributed by atoms with Crippen LogP contribution in [0.4, 0.5) is 22.0 Å². The predicted molar refractivity (Wildman–Crippen MR) is 109 cm³/mol. The molecule has 2 aromatic rings. The van der Waals surface area contributed by atoms with Crippen LogP contribution in [-0.4, -0.2) is 26.0 Å². The van der Waals surface area contributed by atoms with Crippen LogP contribution in [0.3, 0.4) is 0 Å². The Morgan fingerprint density at radius 2 is 1.69 bits per heavy atom. The first kappa shape index (κ1) is 24.7. The van der Waals surface area contributed by atoms with E-state index in [4.69, 9.17) is 13.8 Å². The van der Waals surface area contributed by atoms with Gasteiger partial charge in [-0.25, -0.2) is 0 Å². The maximum absolute atomic E-state index is 15.2. The average molecular weight is 523 g/mol. The highest BCUT2D eigenvalue weighted by molar-refractivity contribution is 9.10. The Morgan fingerprint density at radius 3 is 2.24 bits per heavy atom. The van der Waals surface area contributed by atoms with E-state index in [1.807, 2.05) is 0 Å². The summed E-state index contributed by atoms with van der Waals surface area (Å²) >= 11 is 4.08. The lowest BCUT2D eigenvalue weighted by Gasteiger charge is -2.24. The highest BCUT2D eigenvalue weighted by Gasteiger charge is 2.48. The molecule has 1 aromatic carbocycles. The summed E-state index contributed by atoms with van der Waals surface area (Å²) in [6.07, 6.45) is -5.44. The summed E-state index contributed by atoms with van der Waals surface area (Å²) in [5, 5.41) is 0.512. The van der Waals surface area contributed by atoms with Crippen LogP contribution >= 0.6 is 35.6 Å². The molecule has 0 amide bonds. The molecule has 0 radical (unpaired) electrons. The Kier molecular flexibility index (Phi) is 8.68. The Hall–Kier alpha value is -0.540. The molecule has 11 heteroatoms. The topological polar surface area (TPSA) is 27.7 Å². The van der Waals surface area contributed by atoms with E-state index >= 15 is 8.78 Å². The molecule has 164 valence electrons. The van der Waals surface area contributed by atoms with Crippen molar-refractivity contribution in [1.82, 2.24) is 0 Å². The van der Waals surface area contributed by atoms with E-state index in [0.717, 1.165) is 16.9 Å². The Balaban J connectivity index is 2.38. The van der Waals surface area contributed by atoms with Crippen LogP contribution in [0.2, 0.25) is 0 Å². The lowest BCUT2D eigenvalue weighted by atomic mass is 10.1. The largest absolute Gasteiger partial charge is 0.492 e. The molecule has 0 aliphatic carbocycles. The molecule has 0 unspecified atom stereocenters. The zero-order valence-electron chi connectivity index (χ0n) is 16.0.